The van der Waals surface area contributed by atoms with Gasteiger partial charge in [-0.05, 0) is 51.4 Å². The Balaban J connectivity index is 3.52. The third-order valence-corrected chi connectivity index (χ3v) is 7.52. The largest absolute Gasteiger partial charge is 0.472 e. The minimum atomic E-state index is -4.08. The lowest BCUT2D eigenvalue weighted by molar-refractivity contribution is -0.870. The van der Waals surface area contributed by atoms with Gasteiger partial charge in [-0.15, -0.1) is 0 Å². The predicted octanol–water partition coefficient (Wildman–Crippen LogP) is 8.23. The molecule has 0 aromatic heterocycles. The highest BCUT2D eigenvalue weighted by Gasteiger charge is 2.24. The van der Waals surface area contributed by atoms with Gasteiger partial charge in [0, 0.05) is 13.7 Å². The van der Waals surface area contributed by atoms with E-state index in [-0.39, 0.29) is 13.2 Å². The molecule has 0 saturated carbocycles. The highest BCUT2D eigenvalue weighted by atomic mass is 31.2. The standard InChI is InChI=1S/C31H62NO6P/c1-6-7-8-9-10-11-12-13-14-15-16-17-18-19-20-21-22-23-24-25-27-36-29-31(35-5)30-38-39(33,34)37-28-26-32(2,3)4/h9-10,21-22,31H,6-8,11-20,23-30H2,1-5H3/p+1/b10-9-,22-21-/t31-/m1/s1. The normalized spacial score (nSPS) is 14.9. The second-order valence-corrected chi connectivity index (χ2v) is 13.0. The molecular formula is C31H63NO6P+. The van der Waals surface area contributed by atoms with E-state index < -0.39 is 13.9 Å². The average Bonchev–Trinajstić information content (AvgIpc) is 2.88. The maximum atomic E-state index is 12.0. The minimum Gasteiger partial charge on any atom is -0.379 e. The van der Waals surface area contributed by atoms with Crippen LogP contribution in [0, 0.1) is 0 Å². The van der Waals surface area contributed by atoms with Crippen molar-refractivity contribution < 1.29 is 32.5 Å². The molecule has 0 amide bonds. The third-order valence-electron chi connectivity index (χ3n) is 6.54. The monoisotopic (exact) mass is 576 g/mol. The summed E-state index contributed by atoms with van der Waals surface area (Å²) < 4.78 is 33.7. The number of quaternary nitrogens is 1. The first-order valence-corrected chi connectivity index (χ1v) is 17.0. The Bertz CT molecular complexity index is 635. The van der Waals surface area contributed by atoms with Crippen molar-refractivity contribution in [3.05, 3.63) is 24.3 Å². The van der Waals surface area contributed by atoms with E-state index in [1.165, 1.54) is 83.5 Å². The lowest BCUT2D eigenvalue weighted by Gasteiger charge is -2.24. The van der Waals surface area contributed by atoms with Crippen LogP contribution in [0.2, 0.25) is 0 Å². The van der Waals surface area contributed by atoms with Crippen LogP contribution in [0.15, 0.2) is 24.3 Å². The Kier molecular flexibility index (Phi) is 26.0. The summed E-state index contributed by atoms with van der Waals surface area (Å²) in [5.74, 6) is 0. The van der Waals surface area contributed by atoms with Gasteiger partial charge < -0.3 is 18.9 Å². The van der Waals surface area contributed by atoms with E-state index in [1.54, 1.807) is 7.11 Å². The Morgan fingerprint density at radius 3 is 1.67 bits per heavy atom. The highest BCUT2D eigenvalue weighted by molar-refractivity contribution is 7.47. The van der Waals surface area contributed by atoms with Crippen molar-refractivity contribution >= 4 is 7.82 Å². The van der Waals surface area contributed by atoms with E-state index in [4.69, 9.17) is 18.5 Å². The molecule has 1 N–H and O–H groups in total. The number of hydrogen-bond donors (Lipinski definition) is 1. The number of unbranched alkanes of at least 4 members (excludes halogenated alkanes) is 13. The number of rotatable bonds is 29. The average molecular weight is 577 g/mol. The molecule has 0 saturated heterocycles. The van der Waals surface area contributed by atoms with Gasteiger partial charge in [0.25, 0.3) is 0 Å². The number of ether oxygens (including phenoxy) is 2. The molecule has 0 bridgehead atoms. The zero-order valence-electron chi connectivity index (χ0n) is 26.1. The summed E-state index contributed by atoms with van der Waals surface area (Å²) in [6, 6.07) is 0. The van der Waals surface area contributed by atoms with Gasteiger partial charge in [-0.2, -0.15) is 0 Å². The molecule has 7 nitrogen and oxygen atoms in total. The van der Waals surface area contributed by atoms with Gasteiger partial charge in [0.15, 0.2) is 0 Å². The minimum absolute atomic E-state index is 0.0472. The molecule has 39 heavy (non-hydrogen) atoms. The fraction of sp³-hybridized carbons (Fsp3) is 0.871. The number of phosphoric ester groups is 1. The lowest BCUT2D eigenvalue weighted by Crippen LogP contribution is -2.37. The Morgan fingerprint density at radius 2 is 1.18 bits per heavy atom. The van der Waals surface area contributed by atoms with Crippen molar-refractivity contribution in [2.75, 3.05) is 61.2 Å². The molecule has 0 heterocycles. The number of allylic oxidation sites excluding steroid dienone is 4. The van der Waals surface area contributed by atoms with E-state index in [2.05, 4.69) is 31.2 Å². The molecule has 0 radical (unpaired) electrons. The summed E-state index contributed by atoms with van der Waals surface area (Å²) >= 11 is 0. The topological polar surface area (TPSA) is 74.2 Å². The SMILES string of the molecule is CCCC/C=C\CCCCCCCCCC/C=C\CCCCOC[C@H](COP(=O)(O)OCC[N+](C)(C)C)OC. The van der Waals surface area contributed by atoms with E-state index in [9.17, 15) is 9.46 Å². The van der Waals surface area contributed by atoms with Crippen LogP contribution in [0.4, 0.5) is 0 Å². The second-order valence-electron chi connectivity index (χ2n) is 11.5. The van der Waals surface area contributed by atoms with Crippen LogP contribution in [0.25, 0.3) is 0 Å². The molecule has 232 valence electrons. The molecule has 1 unspecified atom stereocenters. The molecule has 0 aliphatic heterocycles. The van der Waals surface area contributed by atoms with Crippen LogP contribution in [-0.2, 0) is 23.1 Å². The first-order chi connectivity index (χ1) is 18.7. The quantitative estimate of drug-likeness (QED) is 0.0418. The number of methoxy groups -OCH3 is 1. The maximum absolute atomic E-state index is 12.0. The van der Waals surface area contributed by atoms with E-state index in [1.807, 2.05) is 21.1 Å². The number of phosphoric acid groups is 1. The summed E-state index contributed by atoms with van der Waals surface area (Å²) in [4.78, 5) is 9.81. The van der Waals surface area contributed by atoms with E-state index in [0.29, 0.717) is 24.2 Å². The molecule has 0 rings (SSSR count). The molecule has 0 fully saturated rings. The number of nitrogens with zero attached hydrogens (tertiary/aromatic N) is 1. The Hall–Kier alpha value is -0.530. The molecule has 0 aromatic carbocycles. The summed E-state index contributed by atoms with van der Waals surface area (Å²) in [5.41, 5.74) is 0. The van der Waals surface area contributed by atoms with Crippen LogP contribution >= 0.6 is 7.82 Å². The summed E-state index contributed by atoms with van der Waals surface area (Å²) in [6.45, 7) is 3.92. The van der Waals surface area contributed by atoms with Gasteiger partial charge in [-0.3, -0.25) is 9.05 Å². The van der Waals surface area contributed by atoms with Crippen LogP contribution < -0.4 is 0 Å². The molecule has 2 atom stereocenters. The first kappa shape index (κ1) is 38.5. The third kappa shape index (κ3) is 30.3. The molecule has 8 heteroatoms. The Labute approximate surface area is 241 Å². The van der Waals surface area contributed by atoms with Gasteiger partial charge in [-0.25, -0.2) is 4.57 Å². The van der Waals surface area contributed by atoms with Crippen molar-refractivity contribution in [2.24, 2.45) is 0 Å². The smallest absolute Gasteiger partial charge is 0.379 e. The van der Waals surface area contributed by atoms with Crippen LogP contribution in [0.3, 0.4) is 0 Å². The second kappa shape index (κ2) is 26.4. The molecule has 0 aromatic rings. The fourth-order valence-corrected chi connectivity index (χ4v) is 4.63. The van der Waals surface area contributed by atoms with Gasteiger partial charge in [0.05, 0.1) is 34.4 Å². The van der Waals surface area contributed by atoms with Gasteiger partial charge >= 0.3 is 7.82 Å². The fourth-order valence-electron chi connectivity index (χ4n) is 3.89. The summed E-state index contributed by atoms with van der Waals surface area (Å²) in [7, 11) is 3.42. The number of likely N-dealkylation sites (N-methyl/N-ethyl adjacent to an activating group) is 1. The highest BCUT2D eigenvalue weighted by Crippen LogP contribution is 2.43. The van der Waals surface area contributed by atoms with Crippen molar-refractivity contribution in [3.8, 4) is 0 Å². The van der Waals surface area contributed by atoms with Gasteiger partial charge in [-0.1, -0.05) is 82.6 Å². The molecule has 0 aliphatic carbocycles. The van der Waals surface area contributed by atoms with Crippen molar-refractivity contribution in [1.82, 2.24) is 0 Å². The summed E-state index contributed by atoms with van der Waals surface area (Å²) in [6.07, 6.45) is 29.3. The van der Waals surface area contributed by atoms with Crippen LogP contribution in [0.5, 0.6) is 0 Å². The van der Waals surface area contributed by atoms with Crippen molar-refractivity contribution in [3.63, 3.8) is 0 Å². The van der Waals surface area contributed by atoms with Gasteiger partial charge in [0.1, 0.15) is 19.3 Å². The zero-order valence-corrected chi connectivity index (χ0v) is 27.0. The number of hydrogen-bond acceptors (Lipinski definition) is 5. The Morgan fingerprint density at radius 1 is 0.692 bits per heavy atom. The molecule has 0 spiro atoms. The zero-order chi connectivity index (χ0) is 29.1. The van der Waals surface area contributed by atoms with E-state index in [0.717, 1.165) is 19.3 Å². The molecule has 0 aliphatic rings. The maximum Gasteiger partial charge on any atom is 0.472 e. The van der Waals surface area contributed by atoms with Crippen molar-refractivity contribution in [2.45, 2.75) is 116 Å². The van der Waals surface area contributed by atoms with Gasteiger partial charge in [0.2, 0.25) is 0 Å². The predicted molar refractivity (Wildman–Crippen MR) is 164 cm³/mol. The van der Waals surface area contributed by atoms with E-state index >= 15 is 0 Å². The van der Waals surface area contributed by atoms with Crippen molar-refractivity contribution in [1.29, 1.82) is 0 Å². The van der Waals surface area contributed by atoms with Crippen LogP contribution in [-0.4, -0.2) is 76.7 Å². The molecular weight excluding hydrogens is 513 g/mol. The van der Waals surface area contributed by atoms with Crippen LogP contribution in [0.1, 0.15) is 110 Å². The lowest BCUT2D eigenvalue weighted by atomic mass is 10.1. The summed E-state index contributed by atoms with van der Waals surface area (Å²) in [5, 5.41) is 0. The first-order valence-electron chi connectivity index (χ1n) is 15.5.